The molecule has 0 radical (unpaired) electrons. The van der Waals surface area contributed by atoms with Crippen LogP contribution in [0.1, 0.15) is 20.3 Å². The highest BCUT2D eigenvalue weighted by molar-refractivity contribution is 6.20. The van der Waals surface area contributed by atoms with E-state index in [4.69, 9.17) is 17.3 Å². The molecule has 0 aromatic rings. The van der Waals surface area contributed by atoms with Crippen molar-refractivity contribution in [2.45, 2.75) is 25.8 Å². The zero-order valence-corrected chi connectivity index (χ0v) is 9.56. The smallest absolute Gasteiger partial charge is 0.243 e. The standard InChI is InChI=1S/C5H12ClN.C4H7NO/c1-4-5(6)7(2)3;1-3(2)4(5)6/h5H,4H2,1-3H3;1H2,2H3,(H2,5,6). The Balaban J connectivity index is 0. The third kappa shape index (κ3) is 11.5. The van der Waals surface area contributed by atoms with Gasteiger partial charge in [0.05, 0.1) is 5.50 Å². The van der Waals surface area contributed by atoms with Gasteiger partial charge in [-0.1, -0.05) is 13.5 Å². The van der Waals surface area contributed by atoms with Gasteiger partial charge >= 0.3 is 0 Å². The molecule has 0 saturated heterocycles. The lowest BCUT2D eigenvalue weighted by Crippen LogP contribution is -2.20. The second-order valence-electron chi connectivity index (χ2n) is 2.95. The zero-order valence-electron chi connectivity index (χ0n) is 8.80. The van der Waals surface area contributed by atoms with E-state index in [9.17, 15) is 4.79 Å². The third-order valence-electron chi connectivity index (χ3n) is 1.32. The Bertz CT molecular complexity index is 157. The number of alkyl halides is 1. The molecule has 0 aromatic heterocycles. The van der Waals surface area contributed by atoms with Crippen LogP contribution in [0.2, 0.25) is 0 Å². The molecule has 2 N–H and O–H groups in total. The summed E-state index contributed by atoms with van der Waals surface area (Å²) in [7, 11) is 3.95. The minimum atomic E-state index is -0.435. The van der Waals surface area contributed by atoms with E-state index >= 15 is 0 Å². The SMILES string of the molecule is C=C(C)C(N)=O.CCC(Cl)N(C)C. The minimum absolute atomic E-state index is 0.208. The van der Waals surface area contributed by atoms with Gasteiger partial charge in [0.2, 0.25) is 5.91 Å². The Kier molecular flexibility index (Phi) is 9.29. The second-order valence-corrected chi connectivity index (χ2v) is 3.45. The molecule has 0 aliphatic heterocycles. The summed E-state index contributed by atoms with van der Waals surface area (Å²) in [6.45, 7) is 6.92. The van der Waals surface area contributed by atoms with Crippen molar-refractivity contribution in [3.63, 3.8) is 0 Å². The molecule has 0 aliphatic carbocycles. The van der Waals surface area contributed by atoms with Crippen molar-refractivity contribution < 1.29 is 4.79 Å². The van der Waals surface area contributed by atoms with E-state index in [1.807, 2.05) is 19.0 Å². The molecule has 0 bridgehead atoms. The average Bonchev–Trinajstić information content (AvgIpc) is 2.03. The van der Waals surface area contributed by atoms with Crippen molar-refractivity contribution in [2.24, 2.45) is 5.73 Å². The second kappa shape index (κ2) is 8.08. The summed E-state index contributed by atoms with van der Waals surface area (Å²) in [6, 6.07) is 0. The monoisotopic (exact) mass is 206 g/mol. The lowest BCUT2D eigenvalue weighted by Gasteiger charge is -2.13. The molecule has 1 atom stereocenters. The van der Waals surface area contributed by atoms with Gasteiger partial charge in [0.15, 0.2) is 0 Å². The predicted molar refractivity (Wildman–Crippen MR) is 57.6 cm³/mol. The van der Waals surface area contributed by atoms with Crippen molar-refractivity contribution in [2.75, 3.05) is 14.1 Å². The first-order valence-electron chi connectivity index (χ1n) is 4.08. The highest BCUT2D eigenvalue weighted by Gasteiger charge is 1.99. The molecule has 4 heteroatoms. The molecule has 0 rings (SSSR count). The van der Waals surface area contributed by atoms with Crippen LogP contribution in [0.15, 0.2) is 12.2 Å². The van der Waals surface area contributed by atoms with E-state index in [-0.39, 0.29) is 5.50 Å². The van der Waals surface area contributed by atoms with E-state index in [1.54, 1.807) is 6.92 Å². The Labute approximate surface area is 85.5 Å². The lowest BCUT2D eigenvalue weighted by molar-refractivity contribution is -0.114. The van der Waals surface area contributed by atoms with Gasteiger partial charge in [-0.25, -0.2) is 0 Å². The van der Waals surface area contributed by atoms with Crippen LogP contribution >= 0.6 is 11.6 Å². The van der Waals surface area contributed by atoms with Gasteiger partial charge in [-0.15, -0.1) is 11.6 Å². The molecule has 1 unspecified atom stereocenters. The molecule has 0 aliphatic rings. The van der Waals surface area contributed by atoms with Gasteiger partial charge in [0.25, 0.3) is 0 Å². The molecular weight excluding hydrogens is 188 g/mol. The van der Waals surface area contributed by atoms with Crippen LogP contribution in [-0.2, 0) is 4.79 Å². The maximum atomic E-state index is 9.82. The summed E-state index contributed by atoms with van der Waals surface area (Å²) in [4.78, 5) is 11.8. The maximum absolute atomic E-state index is 9.82. The van der Waals surface area contributed by atoms with Crippen LogP contribution in [-0.4, -0.2) is 30.4 Å². The van der Waals surface area contributed by atoms with Crippen LogP contribution in [0.5, 0.6) is 0 Å². The van der Waals surface area contributed by atoms with Crippen LogP contribution in [0.25, 0.3) is 0 Å². The largest absolute Gasteiger partial charge is 0.366 e. The number of rotatable bonds is 3. The zero-order chi connectivity index (χ0) is 11.0. The van der Waals surface area contributed by atoms with Crippen molar-refractivity contribution in [3.8, 4) is 0 Å². The normalized spacial score (nSPS) is 11.5. The molecule has 1 amide bonds. The number of amides is 1. The molecule has 78 valence electrons. The molecule has 0 spiro atoms. The van der Waals surface area contributed by atoms with Gasteiger partial charge < -0.3 is 5.73 Å². The molecule has 0 saturated carbocycles. The molecular formula is C9H19ClN2O. The number of primary amides is 1. The van der Waals surface area contributed by atoms with Gasteiger partial charge in [0.1, 0.15) is 0 Å². The van der Waals surface area contributed by atoms with Crippen LogP contribution in [0.4, 0.5) is 0 Å². The van der Waals surface area contributed by atoms with E-state index in [2.05, 4.69) is 13.5 Å². The number of hydrogen-bond donors (Lipinski definition) is 1. The Hall–Kier alpha value is -0.540. The lowest BCUT2D eigenvalue weighted by atomic mass is 10.3. The predicted octanol–water partition coefficient (Wildman–Crippen LogP) is 1.57. The molecule has 0 fully saturated rings. The topological polar surface area (TPSA) is 46.3 Å². The first kappa shape index (κ1) is 15.0. The Morgan fingerprint density at radius 1 is 1.62 bits per heavy atom. The van der Waals surface area contributed by atoms with Crippen LogP contribution in [0.3, 0.4) is 0 Å². The van der Waals surface area contributed by atoms with Crippen LogP contribution < -0.4 is 5.73 Å². The van der Waals surface area contributed by atoms with E-state index in [0.29, 0.717) is 5.57 Å². The van der Waals surface area contributed by atoms with E-state index in [1.165, 1.54) is 0 Å². The number of carbonyl (C=O) groups is 1. The maximum Gasteiger partial charge on any atom is 0.243 e. The van der Waals surface area contributed by atoms with Gasteiger partial charge in [0, 0.05) is 5.57 Å². The average molecular weight is 207 g/mol. The van der Waals surface area contributed by atoms with Crippen molar-refractivity contribution in [1.29, 1.82) is 0 Å². The third-order valence-corrected chi connectivity index (χ3v) is 2.02. The van der Waals surface area contributed by atoms with Crippen molar-refractivity contribution >= 4 is 17.5 Å². The number of nitrogens with two attached hydrogens (primary N) is 1. The number of hydrogen-bond acceptors (Lipinski definition) is 2. The number of nitrogens with zero attached hydrogens (tertiary/aromatic N) is 1. The van der Waals surface area contributed by atoms with E-state index < -0.39 is 5.91 Å². The van der Waals surface area contributed by atoms with Crippen molar-refractivity contribution in [3.05, 3.63) is 12.2 Å². The summed E-state index contributed by atoms with van der Waals surface area (Å²) in [5.41, 5.74) is 5.30. The fraction of sp³-hybridized carbons (Fsp3) is 0.667. The fourth-order valence-corrected chi connectivity index (χ4v) is 0.365. The first-order valence-corrected chi connectivity index (χ1v) is 4.52. The van der Waals surface area contributed by atoms with Crippen molar-refractivity contribution in [1.82, 2.24) is 4.90 Å². The van der Waals surface area contributed by atoms with Gasteiger partial charge in [-0.3, -0.25) is 9.69 Å². The van der Waals surface area contributed by atoms with Gasteiger partial charge in [-0.2, -0.15) is 0 Å². The fourth-order valence-electron chi connectivity index (χ4n) is 0.365. The number of carbonyl (C=O) groups excluding carboxylic acids is 1. The molecule has 3 nitrogen and oxygen atoms in total. The summed E-state index contributed by atoms with van der Waals surface area (Å²) in [6.07, 6.45) is 1.01. The highest BCUT2D eigenvalue weighted by atomic mass is 35.5. The Morgan fingerprint density at radius 3 is 1.92 bits per heavy atom. The molecule has 0 aromatic carbocycles. The van der Waals surface area contributed by atoms with Crippen LogP contribution in [0, 0.1) is 0 Å². The Morgan fingerprint density at radius 2 is 1.92 bits per heavy atom. The quantitative estimate of drug-likeness (QED) is 0.433. The summed E-state index contributed by atoms with van der Waals surface area (Å²) in [5.74, 6) is -0.435. The van der Waals surface area contributed by atoms with E-state index in [0.717, 1.165) is 6.42 Å². The number of halogens is 1. The molecule has 0 heterocycles. The highest BCUT2D eigenvalue weighted by Crippen LogP contribution is 2.01. The minimum Gasteiger partial charge on any atom is -0.366 e. The first-order chi connectivity index (χ1) is 5.82. The summed E-state index contributed by atoms with van der Waals surface area (Å²) >= 11 is 5.73. The summed E-state index contributed by atoms with van der Waals surface area (Å²) in [5, 5.41) is 0. The summed E-state index contributed by atoms with van der Waals surface area (Å²) < 4.78 is 0. The molecule has 13 heavy (non-hydrogen) atoms. The van der Waals surface area contributed by atoms with Gasteiger partial charge in [-0.05, 0) is 27.4 Å².